The Morgan fingerprint density at radius 2 is 2.00 bits per heavy atom. The summed E-state index contributed by atoms with van der Waals surface area (Å²) in [5, 5.41) is 9.74. The van der Waals surface area contributed by atoms with E-state index in [1.165, 1.54) is 11.8 Å². The Bertz CT molecular complexity index is 1240. The van der Waals surface area contributed by atoms with E-state index in [1.807, 2.05) is 23.6 Å². The van der Waals surface area contributed by atoms with E-state index in [9.17, 15) is 4.79 Å². The minimum absolute atomic E-state index is 0.176. The normalized spacial score (nSPS) is 11.2. The Hall–Kier alpha value is -3.47. The van der Waals surface area contributed by atoms with Crippen molar-refractivity contribution in [2.24, 2.45) is 0 Å². The van der Waals surface area contributed by atoms with Gasteiger partial charge < -0.3 is 19.5 Å². The van der Waals surface area contributed by atoms with Gasteiger partial charge in [0.2, 0.25) is 5.71 Å². The highest BCUT2D eigenvalue weighted by Crippen LogP contribution is 2.31. The minimum atomic E-state index is -0.504. The molecule has 0 radical (unpaired) electrons. The first-order chi connectivity index (χ1) is 15.0. The minimum Gasteiger partial charge on any atom is -0.462 e. The smallest absolute Gasteiger partial charge is 0.342 e. The second-order valence-corrected chi connectivity index (χ2v) is 7.48. The second-order valence-electron chi connectivity index (χ2n) is 6.53. The van der Waals surface area contributed by atoms with Crippen LogP contribution in [0.3, 0.4) is 0 Å². The van der Waals surface area contributed by atoms with E-state index in [2.05, 4.69) is 25.1 Å². The van der Waals surface area contributed by atoms with Gasteiger partial charge in [-0.05, 0) is 32.9 Å². The quantitative estimate of drug-likeness (QED) is 0.337. The van der Waals surface area contributed by atoms with Crippen LogP contribution in [0.25, 0.3) is 22.5 Å². The number of rotatable bonds is 7. The van der Waals surface area contributed by atoms with Gasteiger partial charge >= 0.3 is 5.97 Å². The summed E-state index contributed by atoms with van der Waals surface area (Å²) in [5.74, 6) is 1.71. The van der Waals surface area contributed by atoms with E-state index < -0.39 is 5.97 Å². The highest BCUT2D eigenvalue weighted by molar-refractivity contribution is 7.98. The number of carbonyl (C=O) groups is 1. The molecule has 0 saturated carbocycles. The summed E-state index contributed by atoms with van der Waals surface area (Å²) in [6.45, 7) is 6.39. The molecule has 0 amide bonds. The first-order valence-electron chi connectivity index (χ1n) is 9.72. The molecular weight excluding hydrogens is 418 g/mol. The van der Waals surface area contributed by atoms with Crippen LogP contribution in [0.4, 0.5) is 5.82 Å². The molecule has 0 aliphatic heterocycles. The number of esters is 1. The summed E-state index contributed by atoms with van der Waals surface area (Å²) in [4.78, 5) is 25.1. The van der Waals surface area contributed by atoms with Crippen LogP contribution in [0.2, 0.25) is 0 Å². The fourth-order valence-electron chi connectivity index (χ4n) is 3.22. The van der Waals surface area contributed by atoms with Crippen LogP contribution < -0.4 is 5.73 Å². The lowest BCUT2D eigenvalue weighted by atomic mass is 10.2. The van der Waals surface area contributed by atoms with E-state index in [1.54, 1.807) is 26.2 Å². The van der Waals surface area contributed by atoms with Crippen molar-refractivity contribution in [1.29, 1.82) is 0 Å². The molecule has 0 aromatic carbocycles. The Kier molecular flexibility index (Phi) is 5.85. The number of hydrogen-bond acceptors (Lipinski definition) is 10. The fraction of sp³-hybridized carbons (Fsp3) is 0.300. The molecule has 0 unspecified atom stereocenters. The van der Waals surface area contributed by atoms with Gasteiger partial charge in [0.15, 0.2) is 11.0 Å². The monoisotopic (exact) mass is 439 g/mol. The van der Waals surface area contributed by atoms with Gasteiger partial charge in [0.25, 0.3) is 0 Å². The average Bonchev–Trinajstić information content (AvgIpc) is 3.33. The van der Waals surface area contributed by atoms with Crippen molar-refractivity contribution in [3.63, 3.8) is 0 Å². The van der Waals surface area contributed by atoms with Crippen molar-refractivity contribution < 1.29 is 13.9 Å². The average molecular weight is 440 g/mol. The number of hydrogen-bond donors (Lipinski definition) is 1. The number of ether oxygens (including phenoxy) is 1. The third kappa shape index (κ3) is 3.96. The SMILES string of the molecule is CCOC(=O)c1c(C)oc2nc(CSc3nnc(-c4ccncc4)n3CC)nc(N)c12. The molecule has 0 fully saturated rings. The van der Waals surface area contributed by atoms with Crippen LogP contribution in [0.1, 0.15) is 35.8 Å². The van der Waals surface area contributed by atoms with Crippen LogP contribution in [0.5, 0.6) is 0 Å². The topological polar surface area (TPSA) is 135 Å². The van der Waals surface area contributed by atoms with Crippen LogP contribution in [-0.4, -0.2) is 42.3 Å². The molecule has 4 rings (SSSR count). The predicted molar refractivity (Wildman–Crippen MR) is 115 cm³/mol. The molecule has 4 heterocycles. The predicted octanol–water partition coefficient (Wildman–Crippen LogP) is 3.26. The van der Waals surface area contributed by atoms with Crippen molar-refractivity contribution in [3.05, 3.63) is 41.7 Å². The standard InChI is InChI=1S/C20H21N7O3S/c1-4-27-17(12-6-8-22-9-7-12)25-26-20(27)31-10-13-23-16(21)15-14(19(28)29-5-2)11(3)30-18(15)24-13/h6-9H,4-5,10H2,1-3H3,(H2,21,23,24). The maximum Gasteiger partial charge on any atom is 0.342 e. The van der Waals surface area contributed by atoms with Gasteiger partial charge in [0.1, 0.15) is 23.0 Å². The number of furan rings is 1. The van der Waals surface area contributed by atoms with Crippen LogP contribution in [0.15, 0.2) is 34.1 Å². The van der Waals surface area contributed by atoms with Crippen molar-refractivity contribution in [2.75, 3.05) is 12.3 Å². The van der Waals surface area contributed by atoms with Gasteiger partial charge in [-0.3, -0.25) is 4.98 Å². The highest BCUT2D eigenvalue weighted by atomic mass is 32.2. The highest BCUT2D eigenvalue weighted by Gasteiger charge is 2.24. The van der Waals surface area contributed by atoms with Gasteiger partial charge in [0, 0.05) is 24.5 Å². The third-order valence-electron chi connectivity index (χ3n) is 4.58. The van der Waals surface area contributed by atoms with E-state index in [0.29, 0.717) is 29.3 Å². The summed E-state index contributed by atoms with van der Waals surface area (Å²) in [7, 11) is 0. The second kappa shape index (κ2) is 8.72. The fourth-order valence-corrected chi connectivity index (χ4v) is 4.08. The van der Waals surface area contributed by atoms with Crippen LogP contribution in [-0.2, 0) is 17.0 Å². The Morgan fingerprint density at radius 3 is 2.71 bits per heavy atom. The van der Waals surface area contributed by atoms with Gasteiger partial charge in [-0.2, -0.15) is 4.98 Å². The van der Waals surface area contributed by atoms with E-state index >= 15 is 0 Å². The summed E-state index contributed by atoms with van der Waals surface area (Å²) in [6.07, 6.45) is 3.44. The maximum absolute atomic E-state index is 12.3. The Balaban J connectivity index is 1.60. The third-order valence-corrected chi connectivity index (χ3v) is 5.55. The van der Waals surface area contributed by atoms with Crippen LogP contribution in [0, 0.1) is 6.92 Å². The van der Waals surface area contributed by atoms with Crippen LogP contribution >= 0.6 is 11.8 Å². The Morgan fingerprint density at radius 1 is 1.23 bits per heavy atom. The number of anilines is 1. The number of pyridine rings is 1. The molecular formula is C20H21N7O3S. The van der Waals surface area contributed by atoms with Crippen molar-refractivity contribution in [3.8, 4) is 11.4 Å². The molecule has 0 aliphatic rings. The number of aromatic nitrogens is 6. The lowest BCUT2D eigenvalue weighted by Gasteiger charge is -2.07. The van der Waals surface area contributed by atoms with E-state index in [4.69, 9.17) is 14.9 Å². The lowest BCUT2D eigenvalue weighted by molar-refractivity contribution is 0.0526. The number of fused-ring (bicyclic) bond motifs is 1. The van der Waals surface area contributed by atoms with E-state index in [-0.39, 0.29) is 23.7 Å². The summed E-state index contributed by atoms with van der Waals surface area (Å²) >= 11 is 1.44. The zero-order valence-corrected chi connectivity index (χ0v) is 18.1. The first kappa shape index (κ1) is 20.8. The summed E-state index contributed by atoms with van der Waals surface area (Å²) < 4.78 is 12.8. The number of carbonyl (C=O) groups excluding carboxylic acids is 1. The lowest BCUT2D eigenvalue weighted by Crippen LogP contribution is -2.07. The zero-order valence-electron chi connectivity index (χ0n) is 17.3. The largest absolute Gasteiger partial charge is 0.462 e. The molecule has 4 aromatic heterocycles. The van der Waals surface area contributed by atoms with Crippen molar-refractivity contribution in [1.82, 2.24) is 29.7 Å². The van der Waals surface area contributed by atoms with Crippen molar-refractivity contribution in [2.45, 2.75) is 38.2 Å². The zero-order chi connectivity index (χ0) is 22.0. The molecule has 31 heavy (non-hydrogen) atoms. The van der Waals surface area contributed by atoms with Gasteiger partial charge in [-0.25, -0.2) is 9.78 Å². The molecule has 0 aliphatic carbocycles. The molecule has 160 valence electrons. The Labute approximate surface area is 182 Å². The molecule has 2 N–H and O–H groups in total. The molecule has 10 nitrogen and oxygen atoms in total. The summed E-state index contributed by atoms with van der Waals surface area (Å²) in [6, 6.07) is 3.78. The number of nitrogens with two attached hydrogens (primary N) is 1. The maximum atomic E-state index is 12.3. The van der Waals surface area contributed by atoms with Gasteiger partial charge in [-0.1, -0.05) is 11.8 Å². The molecule has 11 heteroatoms. The molecule has 0 atom stereocenters. The number of aryl methyl sites for hydroxylation is 1. The molecule has 0 bridgehead atoms. The van der Waals surface area contributed by atoms with Crippen molar-refractivity contribution >= 4 is 34.6 Å². The summed E-state index contributed by atoms with van der Waals surface area (Å²) in [5.41, 5.74) is 7.61. The molecule has 0 spiro atoms. The van der Waals surface area contributed by atoms with E-state index in [0.717, 1.165) is 16.5 Å². The van der Waals surface area contributed by atoms with Gasteiger partial charge in [0.05, 0.1) is 17.7 Å². The molecule has 4 aromatic rings. The molecule has 0 saturated heterocycles. The van der Waals surface area contributed by atoms with Gasteiger partial charge in [-0.15, -0.1) is 10.2 Å². The first-order valence-corrected chi connectivity index (χ1v) is 10.7. The number of thioether (sulfide) groups is 1. The number of nitrogen functional groups attached to an aromatic ring is 1. The number of nitrogens with zero attached hydrogens (tertiary/aromatic N) is 6.